The molecule has 0 saturated heterocycles. The number of rotatable bonds is 6. The summed E-state index contributed by atoms with van der Waals surface area (Å²) in [5.41, 5.74) is 3.85. The smallest absolute Gasteiger partial charge is 0.262 e. The fourth-order valence-electron chi connectivity index (χ4n) is 3.05. The third kappa shape index (κ3) is 5.01. The number of oxazole rings is 1. The summed E-state index contributed by atoms with van der Waals surface area (Å²) >= 11 is 12.1. The molecule has 0 saturated carbocycles. The Bertz CT molecular complexity index is 1230. The zero-order chi connectivity index (χ0) is 22.0. The van der Waals surface area contributed by atoms with Gasteiger partial charge >= 0.3 is 0 Å². The molecule has 0 aliphatic heterocycles. The number of hydrogen-bond acceptors (Lipinski definition) is 4. The maximum atomic E-state index is 12.3. The number of amides is 1. The van der Waals surface area contributed by atoms with Gasteiger partial charge in [-0.25, -0.2) is 4.98 Å². The number of halogens is 2. The van der Waals surface area contributed by atoms with E-state index in [4.69, 9.17) is 32.4 Å². The lowest BCUT2D eigenvalue weighted by Crippen LogP contribution is -2.20. The average Bonchev–Trinajstić information content (AvgIpc) is 3.18. The van der Waals surface area contributed by atoms with Gasteiger partial charge in [-0.2, -0.15) is 0 Å². The average molecular weight is 455 g/mol. The minimum atomic E-state index is -0.340. The molecule has 7 heteroatoms. The van der Waals surface area contributed by atoms with Gasteiger partial charge in [0, 0.05) is 10.6 Å². The van der Waals surface area contributed by atoms with Crippen LogP contribution in [0.4, 0.5) is 5.69 Å². The van der Waals surface area contributed by atoms with Gasteiger partial charge < -0.3 is 14.5 Å². The van der Waals surface area contributed by atoms with Crippen molar-refractivity contribution in [2.45, 2.75) is 19.8 Å². The topological polar surface area (TPSA) is 64.4 Å². The van der Waals surface area contributed by atoms with Crippen molar-refractivity contribution in [3.63, 3.8) is 0 Å². The van der Waals surface area contributed by atoms with Crippen LogP contribution >= 0.6 is 23.2 Å². The summed E-state index contributed by atoms with van der Waals surface area (Å²) < 4.78 is 11.4. The Balaban J connectivity index is 1.50. The van der Waals surface area contributed by atoms with Crippen molar-refractivity contribution < 1.29 is 13.9 Å². The van der Waals surface area contributed by atoms with Crippen LogP contribution in [0.3, 0.4) is 0 Å². The van der Waals surface area contributed by atoms with E-state index in [0.717, 1.165) is 5.52 Å². The van der Waals surface area contributed by atoms with E-state index < -0.39 is 0 Å². The maximum absolute atomic E-state index is 12.3. The van der Waals surface area contributed by atoms with Gasteiger partial charge in [0.05, 0.1) is 10.7 Å². The second kappa shape index (κ2) is 9.00. The molecule has 3 aromatic carbocycles. The number of benzene rings is 3. The lowest BCUT2D eigenvalue weighted by molar-refractivity contribution is -0.118. The van der Waals surface area contributed by atoms with E-state index in [2.05, 4.69) is 24.1 Å². The van der Waals surface area contributed by atoms with E-state index >= 15 is 0 Å². The van der Waals surface area contributed by atoms with Crippen LogP contribution in [-0.2, 0) is 4.79 Å². The first kappa shape index (κ1) is 21.2. The number of anilines is 1. The molecule has 1 aromatic heterocycles. The van der Waals surface area contributed by atoms with Crippen molar-refractivity contribution in [1.82, 2.24) is 4.98 Å². The Morgan fingerprint density at radius 1 is 1.06 bits per heavy atom. The van der Waals surface area contributed by atoms with E-state index in [-0.39, 0.29) is 12.5 Å². The van der Waals surface area contributed by atoms with Gasteiger partial charge in [0.25, 0.3) is 5.91 Å². The first-order valence-corrected chi connectivity index (χ1v) is 10.5. The molecule has 0 fully saturated rings. The molecule has 0 bridgehead atoms. The first-order valence-electron chi connectivity index (χ1n) is 9.77. The molecule has 0 spiro atoms. The van der Waals surface area contributed by atoms with Gasteiger partial charge in [0.2, 0.25) is 5.89 Å². The summed E-state index contributed by atoms with van der Waals surface area (Å²) in [6.45, 7) is 4.10. The van der Waals surface area contributed by atoms with Crippen LogP contribution in [0.25, 0.3) is 22.6 Å². The van der Waals surface area contributed by atoms with Crippen LogP contribution in [0.15, 0.2) is 65.1 Å². The third-order valence-electron chi connectivity index (χ3n) is 4.75. The molecule has 1 N–H and O–H groups in total. The number of carbonyl (C=O) groups excluding carboxylic acids is 1. The summed E-state index contributed by atoms with van der Waals surface area (Å²) in [5, 5.41) is 3.77. The second-order valence-electron chi connectivity index (χ2n) is 7.39. The predicted molar refractivity (Wildman–Crippen MR) is 124 cm³/mol. The van der Waals surface area contributed by atoms with E-state index in [1.54, 1.807) is 42.5 Å². The Morgan fingerprint density at radius 2 is 1.84 bits per heavy atom. The molecular weight excluding hydrogens is 435 g/mol. The maximum Gasteiger partial charge on any atom is 0.262 e. The second-order valence-corrected chi connectivity index (χ2v) is 8.23. The van der Waals surface area contributed by atoms with Crippen molar-refractivity contribution in [1.29, 1.82) is 0 Å². The van der Waals surface area contributed by atoms with E-state index in [0.29, 0.717) is 44.4 Å². The van der Waals surface area contributed by atoms with Crippen molar-refractivity contribution in [2.24, 2.45) is 0 Å². The predicted octanol–water partition coefficient (Wildman–Crippen LogP) is 6.94. The molecule has 0 atom stereocenters. The van der Waals surface area contributed by atoms with Gasteiger partial charge in [-0.05, 0) is 66.1 Å². The Morgan fingerprint density at radius 3 is 2.58 bits per heavy atom. The lowest BCUT2D eigenvalue weighted by atomic mass is 10.0. The molecule has 4 rings (SSSR count). The fourth-order valence-corrected chi connectivity index (χ4v) is 3.34. The van der Waals surface area contributed by atoms with E-state index in [1.165, 1.54) is 5.56 Å². The van der Waals surface area contributed by atoms with Crippen molar-refractivity contribution in [2.75, 3.05) is 11.9 Å². The summed E-state index contributed by atoms with van der Waals surface area (Å²) in [6.07, 6.45) is 0. The summed E-state index contributed by atoms with van der Waals surface area (Å²) in [5.74, 6) is 1.07. The first-order chi connectivity index (χ1) is 14.9. The SMILES string of the molecule is CC(C)c1ccc2oc(-c3ccc(Cl)c(NC(=O)COc4ccc(Cl)cc4)c3)nc2c1. The lowest BCUT2D eigenvalue weighted by Gasteiger charge is -2.10. The molecule has 0 radical (unpaired) electrons. The molecular formula is C24H20Cl2N2O3. The highest BCUT2D eigenvalue weighted by Gasteiger charge is 2.13. The highest BCUT2D eigenvalue weighted by molar-refractivity contribution is 6.33. The Labute approximate surface area is 189 Å². The normalized spacial score (nSPS) is 11.1. The third-order valence-corrected chi connectivity index (χ3v) is 5.33. The molecule has 0 aliphatic carbocycles. The largest absolute Gasteiger partial charge is 0.484 e. The fraction of sp³-hybridized carbons (Fsp3) is 0.167. The molecule has 5 nitrogen and oxygen atoms in total. The van der Waals surface area contributed by atoms with Crippen LogP contribution in [0.5, 0.6) is 5.75 Å². The van der Waals surface area contributed by atoms with Gasteiger partial charge in [0.15, 0.2) is 12.2 Å². The highest BCUT2D eigenvalue weighted by atomic mass is 35.5. The molecule has 158 valence electrons. The molecule has 1 heterocycles. The molecule has 1 amide bonds. The number of nitrogens with one attached hydrogen (secondary N) is 1. The van der Waals surface area contributed by atoms with Gasteiger partial charge in [-0.1, -0.05) is 43.1 Å². The Kier molecular flexibility index (Phi) is 6.16. The van der Waals surface area contributed by atoms with E-state index in [1.807, 2.05) is 18.2 Å². The zero-order valence-electron chi connectivity index (χ0n) is 17.0. The van der Waals surface area contributed by atoms with Crippen LogP contribution < -0.4 is 10.1 Å². The van der Waals surface area contributed by atoms with Gasteiger partial charge in [-0.3, -0.25) is 4.79 Å². The number of fused-ring (bicyclic) bond motifs is 1. The number of carbonyl (C=O) groups is 1. The van der Waals surface area contributed by atoms with Crippen LogP contribution in [0.2, 0.25) is 10.0 Å². The monoisotopic (exact) mass is 454 g/mol. The standard InChI is InChI=1S/C24H20Cl2N2O3/c1-14(2)15-4-10-22-21(11-15)28-24(31-22)16-3-9-19(26)20(12-16)27-23(29)13-30-18-7-5-17(25)6-8-18/h3-12,14H,13H2,1-2H3,(H,27,29). The number of aromatic nitrogens is 1. The minimum absolute atomic E-state index is 0.164. The summed E-state index contributed by atoms with van der Waals surface area (Å²) in [4.78, 5) is 16.9. The quantitative estimate of drug-likeness (QED) is 0.342. The molecule has 31 heavy (non-hydrogen) atoms. The number of hydrogen-bond donors (Lipinski definition) is 1. The van der Waals surface area contributed by atoms with Gasteiger partial charge in [0.1, 0.15) is 11.3 Å². The Hall–Kier alpha value is -3.02. The van der Waals surface area contributed by atoms with Crippen molar-refractivity contribution in [3.8, 4) is 17.2 Å². The molecule has 0 unspecified atom stereocenters. The summed E-state index contributed by atoms with van der Waals surface area (Å²) in [7, 11) is 0. The van der Waals surface area contributed by atoms with Crippen LogP contribution in [0, 0.1) is 0 Å². The molecule has 0 aliphatic rings. The number of nitrogens with zero attached hydrogens (tertiary/aromatic N) is 1. The number of ether oxygens (including phenoxy) is 1. The van der Waals surface area contributed by atoms with Crippen molar-refractivity contribution in [3.05, 3.63) is 76.3 Å². The highest BCUT2D eigenvalue weighted by Crippen LogP contribution is 2.31. The van der Waals surface area contributed by atoms with Gasteiger partial charge in [-0.15, -0.1) is 0 Å². The minimum Gasteiger partial charge on any atom is -0.484 e. The van der Waals surface area contributed by atoms with Crippen molar-refractivity contribution >= 4 is 45.9 Å². The van der Waals surface area contributed by atoms with Crippen LogP contribution in [-0.4, -0.2) is 17.5 Å². The van der Waals surface area contributed by atoms with E-state index in [9.17, 15) is 4.79 Å². The molecule has 4 aromatic rings. The van der Waals surface area contributed by atoms with Crippen LogP contribution in [0.1, 0.15) is 25.3 Å². The zero-order valence-corrected chi connectivity index (χ0v) is 18.5. The summed E-state index contributed by atoms with van der Waals surface area (Å²) in [6, 6.07) is 18.0.